The molecule has 0 spiro atoms. The summed E-state index contributed by atoms with van der Waals surface area (Å²) in [6, 6.07) is 14.1. The first-order valence-electron chi connectivity index (χ1n) is 9.66. The third kappa shape index (κ3) is 5.13. The van der Waals surface area contributed by atoms with E-state index in [9.17, 15) is 13.2 Å². The maximum absolute atomic E-state index is 12.8. The van der Waals surface area contributed by atoms with Crippen molar-refractivity contribution in [1.29, 1.82) is 0 Å². The Morgan fingerprint density at radius 2 is 1.70 bits per heavy atom. The summed E-state index contributed by atoms with van der Waals surface area (Å²) in [4.78, 5) is 16.4. The Balaban J connectivity index is 1.56. The van der Waals surface area contributed by atoms with E-state index in [-0.39, 0.29) is 35.5 Å². The predicted molar refractivity (Wildman–Crippen MR) is 116 cm³/mol. The van der Waals surface area contributed by atoms with Crippen LogP contribution in [0.2, 0.25) is 5.02 Å². The zero-order valence-electron chi connectivity index (χ0n) is 17.1. The minimum atomic E-state index is -3.67. The monoisotopic (exact) mass is 451 g/mol. The first-order chi connectivity index (χ1) is 14.3. The van der Waals surface area contributed by atoms with Crippen LogP contribution in [-0.4, -0.2) is 75.3 Å². The van der Waals surface area contributed by atoms with Crippen LogP contribution in [0, 0.1) is 0 Å². The number of halogens is 1. The van der Waals surface area contributed by atoms with Gasteiger partial charge in [0.25, 0.3) is 0 Å². The van der Waals surface area contributed by atoms with E-state index >= 15 is 0 Å². The van der Waals surface area contributed by atoms with Gasteiger partial charge in [-0.15, -0.1) is 0 Å². The fourth-order valence-corrected chi connectivity index (χ4v) is 5.40. The van der Waals surface area contributed by atoms with Crippen LogP contribution in [-0.2, 0) is 21.4 Å². The molecule has 0 unspecified atom stereocenters. The Morgan fingerprint density at radius 1 is 1.07 bits per heavy atom. The summed E-state index contributed by atoms with van der Waals surface area (Å²) in [7, 11) is -0.172. The van der Waals surface area contributed by atoms with E-state index in [0.717, 1.165) is 11.3 Å². The zero-order valence-corrected chi connectivity index (χ0v) is 18.7. The Morgan fingerprint density at radius 3 is 2.37 bits per heavy atom. The summed E-state index contributed by atoms with van der Waals surface area (Å²) in [6.45, 7) is 2.02. The second-order valence-electron chi connectivity index (χ2n) is 7.20. The molecule has 1 heterocycles. The molecule has 1 saturated heterocycles. The van der Waals surface area contributed by atoms with E-state index in [1.165, 1.54) is 10.4 Å². The SMILES string of the molecule is COc1ccccc1CN(C)CC(=O)N1CCN(S(=O)(=O)c2ccccc2Cl)CC1. The number of hydrogen-bond acceptors (Lipinski definition) is 5. The van der Waals surface area contributed by atoms with Crippen molar-refractivity contribution < 1.29 is 17.9 Å². The first kappa shape index (κ1) is 22.6. The van der Waals surface area contributed by atoms with Gasteiger partial charge in [-0.1, -0.05) is 41.9 Å². The van der Waals surface area contributed by atoms with Gasteiger partial charge in [0.15, 0.2) is 0 Å². The number of ether oxygens (including phenoxy) is 1. The van der Waals surface area contributed by atoms with Crippen molar-refractivity contribution in [2.24, 2.45) is 0 Å². The van der Waals surface area contributed by atoms with Gasteiger partial charge in [-0.2, -0.15) is 4.31 Å². The third-order valence-corrected chi connectivity index (χ3v) is 7.48. The van der Waals surface area contributed by atoms with Crippen molar-refractivity contribution in [1.82, 2.24) is 14.1 Å². The molecular weight excluding hydrogens is 426 g/mol. The number of amides is 1. The lowest BCUT2D eigenvalue weighted by Crippen LogP contribution is -2.52. The number of hydrogen-bond donors (Lipinski definition) is 0. The normalized spacial score (nSPS) is 15.4. The summed E-state index contributed by atoms with van der Waals surface area (Å²) in [5, 5.41) is 0.203. The minimum Gasteiger partial charge on any atom is -0.496 e. The molecule has 0 aromatic heterocycles. The van der Waals surface area contributed by atoms with E-state index in [1.807, 2.05) is 36.2 Å². The first-order valence-corrected chi connectivity index (χ1v) is 11.5. The lowest BCUT2D eigenvalue weighted by atomic mass is 10.2. The van der Waals surface area contributed by atoms with E-state index in [1.54, 1.807) is 30.2 Å². The number of likely N-dealkylation sites (N-methyl/N-ethyl adjacent to an activating group) is 1. The van der Waals surface area contributed by atoms with Crippen LogP contribution >= 0.6 is 11.6 Å². The highest BCUT2D eigenvalue weighted by molar-refractivity contribution is 7.89. The molecule has 0 N–H and O–H groups in total. The number of sulfonamides is 1. The van der Waals surface area contributed by atoms with Gasteiger partial charge in [0, 0.05) is 38.3 Å². The number of piperazine rings is 1. The minimum absolute atomic E-state index is 0.0258. The third-order valence-electron chi connectivity index (χ3n) is 5.08. The smallest absolute Gasteiger partial charge is 0.244 e. The van der Waals surface area contributed by atoms with Gasteiger partial charge in [0.1, 0.15) is 10.6 Å². The number of carbonyl (C=O) groups excluding carboxylic acids is 1. The highest BCUT2D eigenvalue weighted by Crippen LogP contribution is 2.25. The molecule has 1 aliphatic heterocycles. The van der Waals surface area contributed by atoms with Crippen LogP contribution in [0.15, 0.2) is 53.4 Å². The molecule has 9 heteroatoms. The number of methoxy groups -OCH3 is 1. The molecule has 0 atom stereocenters. The molecule has 1 amide bonds. The summed E-state index contributed by atoms with van der Waals surface area (Å²) < 4.78 is 32.4. The fraction of sp³-hybridized carbons (Fsp3) is 0.381. The Labute approximate surface area is 182 Å². The number of carbonyl (C=O) groups is 1. The molecule has 2 aromatic carbocycles. The fourth-order valence-electron chi connectivity index (χ4n) is 3.48. The summed E-state index contributed by atoms with van der Waals surface area (Å²) in [5.74, 6) is 0.761. The van der Waals surface area contributed by atoms with Gasteiger partial charge < -0.3 is 9.64 Å². The molecule has 2 aromatic rings. The number of benzene rings is 2. The van der Waals surface area contributed by atoms with Gasteiger partial charge in [0.2, 0.25) is 15.9 Å². The average Bonchev–Trinajstić information content (AvgIpc) is 2.74. The van der Waals surface area contributed by atoms with Gasteiger partial charge in [0.05, 0.1) is 18.7 Å². The molecule has 1 fully saturated rings. The Hall–Kier alpha value is -2.13. The summed E-state index contributed by atoms with van der Waals surface area (Å²) in [5.41, 5.74) is 1.01. The van der Waals surface area contributed by atoms with Crippen LogP contribution < -0.4 is 4.74 Å². The molecule has 0 radical (unpaired) electrons. The second kappa shape index (κ2) is 9.78. The maximum atomic E-state index is 12.8. The summed E-state index contributed by atoms with van der Waals surface area (Å²) in [6.07, 6.45) is 0. The molecule has 3 rings (SSSR count). The molecule has 0 aliphatic carbocycles. The zero-order chi connectivity index (χ0) is 21.7. The highest BCUT2D eigenvalue weighted by atomic mass is 35.5. The van der Waals surface area contributed by atoms with Crippen LogP contribution in [0.25, 0.3) is 0 Å². The summed E-state index contributed by atoms with van der Waals surface area (Å²) >= 11 is 6.07. The number of rotatable bonds is 7. The van der Waals surface area contributed by atoms with E-state index < -0.39 is 10.0 Å². The van der Waals surface area contributed by atoms with Crippen molar-refractivity contribution >= 4 is 27.5 Å². The number of nitrogens with zero attached hydrogens (tertiary/aromatic N) is 3. The largest absolute Gasteiger partial charge is 0.496 e. The van der Waals surface area contributed by atoms with Crippen LogP contribution in [0.3, 0.4) is 0 Å². The van der Waals surface area contributed by atoms with Gasteiger partial charge in [-0.25, -0.2) is 8.42 Å². The standard InChI is InChI=1S/C21H26ClN3O4S/c1-23(15-17-7-3-5-9-19(17)29-2)16-21(26)24-11-13-25(14-12-24)30(27,28)20-10-6-4-8-18(20)22/h3-10H,11-16H2,1-2H3. The lowest BCUT2D eigenvalue weighted by Gasteiger charge is -2.35. The topological polar surface area (TPSA) is 70.2 Å². The van der Waals surface area contributed by atoms with E-state index in [4.69, 9.17) is 16.3 Å². The molecular formula is C21H26ClN3O4S. The maximum Gasteiger partial charge on any atom is 0.244 e. The van der Waals surface area contributed by atoms with Crippen LogP contribution in [0.1, 0.15) is 5.56 Å². The van der Waals surface area contributed by atoms with Crippen molar-refractivity contribution in [3.05, 3.63) is 59.1 Å². The van der Waals surface area contributed by atoms with Crippen molar-refractivity contribution in [3.8, 4) is 5.75 Å². The van der Waals surface area contributed by atoms with Crippen molar-refractivity contribution in [2.45, 2.75) is 11.4 Å². The van der Waals surface area contributed by atoms with Crippen molar-refractivity contribution in [3.63, 3.8) is 0 Å². The predicted octanol–water partition coefficient (Wildman–Crippen LogP) is 2.31. The molecule has 0 bridgehead atoms. The quantitative estimate of drug-likeness (QED) is 0.646. The van der Waals surface area contributed by atoms with Gasteiger partial charge >= 0.3 is 0 Å². The van der Waals surface area contributed by atoms with Crippen LogP contribution in [0.4, 0.5) is 0 Å². The molecule has 162 valence electrons. The second-order valence-corrected chi connectivity index (χ2v) is 9.51. The van der Waals surface area contributed by atoms with Gasteiger partial charge in [-0.3, -0.25) is 9.69 Å². The van der Waals surface area contributed by atoms with Gasteiger partial charge in [-0.05, 0) is 25.2 Å². The number of para-hydroxylation sites is 1. The molecule has 30 heavy (non-hydrogen) atoms. The lowest BCUT2D eigenvalue weighted by molar-refractivity contribution is -0.133. The van der Waals surface area contributed by atoms with E-state index in [0.29, 0.717) is 19.6 Å². The molecule has 7 nitrogen and oxygen atoms in total. The van der Waals surface area contributed by atoms with Crippen molar-refractivity contribution in [2.75, 3.05) is 46.9 Å². The van der Waals surface area contributed by atoms with E-state index in [2.05, 4.69) is 0 Å². The molecule has 0 saturated carbocycles. The Kier molecular flexibility index (Phi) is 7.36. The highest BCUT2D eigenvalue weighted by Gasteiger charge is 2.31. The Bertz CT molecular complexity index is 991. The van der Waals surface area contributed by atoms with Crippen LogP contribution in [0.5, 0.6) is 5.75 Å². The average molecular weight is 452 g/mol. The molecule has 1 aliphatic rings.